The fraction of sp³-hybridized carbons (Fsp3) is 0.900. The number of thioether (sulfide) groups is 1. The van der Waals surface area contributed by atoms with Crippen molar-refractivity contribution in [1.29, 1.82) is 0 Å². The second kappa shape index (κ2) is 7.09. The number of aliphatic hydroxyl groups is 1. The molecule has 0 aromatic rings. The minimum Gasteiger partial charge on any atom is -0.396 e. The van der Waals surface area contributed by atoms with Gasteiger partial charge < -0.3 is 15.7 Å². The number of hydrogen-bond acceptors (Lipinski definition) is 4. The smallest absolute Gasteiger partial charge is 0.236 e. The molecule has 4 nitrogen and oxygen atoms in total. The summed E-state index contributed by atoms with van der Waals surface area (Å²) in [4.78, 5) is 13.3. The number of likely N-dealkylation sites (tertiary alicyclic amines) is 1. The zero-order valence-electron chi connectivity index (χ0n) is 9.02. The number of carbonyl (C=O) groups is 1. The Balaban J connectivity index is 2.26. The first-order valence-electron chi connectivity index (χ1n) is 5.48. The molecule has 0 saturated carbocycles. The van der Waals surface area contributed by atoms with Crippen LogP contribution < -0.4 is 5.73 Å². The number of rotatable bonds is 5. The summed E-state index contributed by atoms with van der Waals surface area (Å²) in [6.07, 6.45) is 3.08. The third-order valence-electron chi connectivity index (χ3n) is 2.56. The lowest BCUT2D eigenvalue weighted by atomic mass is 10.1. The van der Waals surface area contributed by atoms with Gasteiger partial charge in [-0.2, -0.15) is 11.8 Å². The molecule has 0 spiro atoms. The fourth-order valence-electron chi connectivity index (χ4n) is 1.74. The molecule has 1 aliphatic heterocycles. The van der Waals surface area contributed by atoms with Crippen molar-refractivity contribution in [3.63, 3.8) is 0 Å². The third kappa shape index (κ3) is 4.40. The van der Waals surface area contributed by atoms with E-state index in [-0.39, 0.29) is 19.1 Å². The molecule has 0 radical (unpaired) electrons. The molecule has 88 valence electrons. The van der Waals surface area contributed by atoms with E-state index in [2.05, 4.69) is 0 Å². The average molecular weight is 232 g/mol. The molecule has 1 amide bonds. The van der Waals surface area contributed by atoms with Crippen molar-refractivity contribution in [3.05, 3.63) is 0 Å². The molecule has 1 aliphatic rings. The molecular weight excluding hydrogens is 212 g/mol. The predicted octanol–water partition coefficient (Wildman–Crippen LogP) is 0.0517. The first-order chi connectivity index (χ1) is 7.27. The monoisotopic (exact) mass is 232 g/mol. The number of nitrogens with zero attached hydrogens (tertiary/aromatic N) is 1. The zero-order chi connectivity index (χ0) is 11.1. The second-order valence-electron chi connectivity index (χ2n) is 3.76. The summed E-state index contributed by atoms with van der Waals surface area (Å²) in [6, 6.07) is 0. The second-order valence-corrected chi connectivity index (χ2v) is 5.16. The molecule has 15 heavy (non-hydrogen) atoms. The highest BCUT2D eigenvalue weighted by atomic mass is 32.2. The quantitative estimate of drug-likeness (QED) is 0.657. The van der Waals surface area contributed by atoms with Crippen LogP contribution in [0.25, 0.3) is 0 Å². The molecule has 0 aliphatic carbocycles. The lowest BCUT2D eigenvalue weighted by Crippen LogP contribution is -2.44. The van der Waals surface area contributed by atoms with E-state index in [4.69, 9.17) is 10.8 Å². The van der Waals surface area contributed by atoms with Gasteiger partial charge in [0.25, 0.3) is 0 Å². The molecule has 1 atom stereocenters. The summed E-state index contributed by atoms with van der Waals surface area (Å²) in [5.74, 6) is 1.04. The summed E-state index contributed by atoms with van der Waals surface area (Å²) in [5.41, 5.74) is 5.34. The molecule has 0 bridgehead atoms. The number of nitrogens with two attached hydrogens (primary N) is 1. The normalized spacial score (nSPS) is 21.7. The van der Waals surface area contributed by atoms with Crippen LogP contribution in [0.3, 0.4) is 0 Å². The third-order valence-corrected chi connectivity index (χ3v) is 3.94. The van der Waals surface area contributed by atoms with Gasteiger partial charge in [-0.1, -0.05) is 0 Å². The predicted molar refractivity (Wildman–Crippen MR) is 62.8 cm³/mol. The van der Waals surface area contributed by atoms with Gasteiger partial charge in [0, 0.05) is 24.9 Å². The van der Waals surface area contributed by atoms with Gasteiger partial charge in [0.05, 0.1) is 6.54 Å². The van der Waals surface area contributed by atoms with Gasteiger partial charge in [0.1, 0.15) is 0 Å². The van der Waals surface area contributed by atoms with E-state index in [0.29, 0.717) is 5.25 Å². The Labute approximate surface area is 95.2 Å². The van der Waals surface area contributed by atoms with Crippen molar-refractivity contribution >= 4 is 17.7 Å². The van der Waals surface area contributed by atoms with Gasteiger partial charge in [-0.05, 0) is 25.0 Å². The van der Waals surface area contributed by atoms with E-state index < -0.39 is 0 Å². The van der Waals surface area contributed by atoms with Gasteiger partial charge >= 0.3 is 0 Å². The SMILES string of the molecule is NCC(=O)N1CCCC(SCCCO)C1. The molecule has 3 N–H and O–H groups in total. The van der Waals surface area contributed by atoms with E-state index in [1.54, 1.807) is 0 Å². The first kappa shape index (κ1) is 12.8. The Bertz CT molecular complexity index is 202. The van der Waals surface area contributed by atoms with Gasteiger partial charge in [-0.25, -0.2) is 0 Å². The fourth-order valence-corrected chi connectivity index (χ4v) is 2.99. The minimum atomic E-state index is 0.0578. The molecule has 0 aromatic carbocycles. The largest absolute Gasteiger partial charge is 0.396 e. The molecule has 0 aromatic heterocycles. The summed E-state index contributed by atoms with van der Waals surface area (Å²) in [6.45, 7) is 2.05. The molecule has 1 heterocycles. The number of hydrogen-bond donors (Lipinski definition) is 2. The molecular formula is C10H20N2O2S. The lowest BCUT2D eigenvalue weighted by Gasteiger charge is -2.32. The van der Waals surface area contributed by atoms with Gasteiger partial charge in [0.2, 0.25) is 5.91 Å². The summed E-state index contributed by atoms with van der Waals surface area (Å²) in [5, 5.41) is 9.21. The number of carbonyl (C=O) groups excluding carboxylic acids is 1. The van der Waals surface area contributed by atoms with Crippen molar-refractivity contribution in [2.24, 2.45) is 5.73 Å². The average Bonchev–Trinajstić information content (AvgIpc) is 2.29. The van der Waals surface area contributed by atoms with Crippen molar-refractivity contribution < 1.29 is 9.90 Å². The topological polar surface area (TPSA) is 66.6 Å². The Morgan fingerprint density at radius 2 is 2.40 bits per heavy atom. The van der Waals surface area contributed by atoms with Crippen molar-refractivity contribution in [2.45, 2.75) is 24.5 Å². The van der Waals surface area contributed by atoms with Crippen LogP contribution in [0, 0.1) is 0 Å². The zero-order valence-corrected chi connectivity index (χ0v) is 9.84. The number of amides is 1. The van der Waals surface area contributed by atoms with E-state index >= 15 is 0 Å². The summed E-state index contributed by atoms with van der Waals surface area (Å²) < 4.78 is 0. The van der Waals surface area contributed by atoms with E-state index in [0.717, 1.165) is 31.7 Å². The van der Waals surface area contributed by atoms with Crippen LogP contribution in [-0.2, 0) is 4.79 Å². The van der Waals surface area contributed by atoms with Gasteiger partial charge in [-0.15, -0.1) is 0 Å². The minimum absolute atomic E-state index is 0.0578. The van der Waals surface area contributed by atoms with Crippen LogP contribution in [0.1, 0.15) is 19.3 Å². The Kier molecular flexibility index (Phi) is 6.05. The van der Waals surface area contributed by atoms with Crippen LogP contribution in [0.5, 0.6) is 0 Å². The van der Waals surface area contributed by atoms with Crippen molar-refractivity contribution in [3.8, 4) is 0 Å². The van der Waals surface area contributed by atoms with E-state index in [1.807, 2.05) is 16.7 Å². The van der Waals surface area contributed by atoms with Crippen LogP contribution in [-0.4, -0.2) is 53.2 Å². The molecule has 1 saturated heterocycles. The Morgan fingerprint density at radius 3 is 3.07 bits per heavy atom. The highest BCUT2D eigenvalue weighted by molar-refractivity contribution is 7.99. The first-order valence-corrected chi connectivity index (χ1v) is 6.53. The van der Waals surface area contributed by atoms with Crippen LogP contribution in [0.2, 0.25) is 0 Å². The van der Waals surface area contributed by atoms with Gasteiger partial charge in [-0.3, -0.25) is 4.79 Å². The van der Waals surface area contributed by atoms with Crippen LogP contribution >= 0.6 is 11.8 Å². The Hall–Kier alpha value is -0.260. The van der Waals surface area contributed by atoms with Gasteiger partial charge in [0.15, 0.2) is 0 Å². The molecule has 5 heteroatoms. The molecule has 1 rings (SSSR count). The van der Waals surface area contributed by atoms with Crippen LogP contribution in [0.15, 0.2) is 0 Å². The Morgan fingerprint density at radius 1 is 1.60 bits per heavy atom. The van der Waals surface area contributed by atoms with Crippen LogP contribution in [0.4, 0.5) is 0 Å². The molecule has 1 fully saturated rings. The standard InChI is InChI=1S/C10H20N2O2S/c11-7-10(14)12-4-1-3-9(8-12)15-6-2-5-13/h9,13H,1-8,11H2. The molecule has 1 unspecified atom stereocenters. The number of piperidine rings is 1. The lowest BCUT2D eigenvalue weighted by molar-refractivity contribution is -0.130. The maximum atomic E-state index is 11.4. The maximum Gasteiger partial charge on any atom is 0.236 e. The number of aliphatic hydroxyl groups excluding tert-OH is 1. The highest BCUT2D eigenvalue weighted by Gasteiger charge is 2.22. The van der Waals surface area contributed by atoms with Crippen molar-refractivity contribution in [2.75, 3.05) is 32.0 Å². The highest BCUT2D eigenvalue weighted by Crippen LogP contribution is 2.22. The van der Waals surface area contributed by atoms with E-state index in [1.165, 1.54) is 6.42 Å². The van der Waals surface area contributed by atoms with E-state index in [9.17, 15) is 4.79 Å². The summed E-state index contributed by atoms with van der Waals surface area (Å²) in [7, 11) is 0. The maximum absolute atomic E-state index is 11.4. The van der Waals surface area contributed by atoms with Crippen molar-refractivity contribution in [1.82, 2.24) is 4.90 Å². The summed E-state index contributed by atoms with van der Waals surface area (Å²) >= 11 is 1.86.